The van der Waals surface area contributed by atoms with E-state index in [4.69, 9.17) is 35.3 Å². The van der Waals surface area contributed by atoms with Crippen LogP contribution in [0.3, 0.4) is 0 Å². The minimum absolute atomic E-state index is 0.237. The average molecular weight is 983 g/mol. The van der Waals surface area contributed by atoms with Crippen molar-refractivity contribution in [3.05, 3.63) is 128 Å². The molecule has 70 heavy (non-hydrogen) atoms. The molecular formula is C60H72O8P2. The van der Waals surface area contributed by atoms with Gasteiger partial charge in [0, 0.05) is 54.9 Å². The molecule has 0 radical (unpaired) electrons. The highest BCUT2D eigenvalue weighted by molar-refractivity contribution is 7.32. The van der Waals surface area contributed by atoms with Crippen molar-refractivity contribution < 1.29 is 35.3 Å². The molecule has 0 fully saturated rings. The predicted octanol–water partition coefficient (Wildman–Crippen LogP) is 19.3. The quantitative estimate of drug-likeness (QED) is 0.156. The highest BCUT2D eigenvalue weighted by Gasteiger charge is 2.30. The fourth-order valence-corrected chi connectivity index (χ4v) is 11.9. The summed E-state index contributed by atoms with van der Waals surface area (Å²) in [5, 5.41) is 3.69. The largest absolute Gasteiger partial charge is 0.497 e. The third-order valence-corrected chi connectivity index (χ3v) is 15.0. The number of ether oxygens (including phenoxy) is 2. The molecule has 0 bridgehead atoms. The molecule has 8 aromatic rings. The molecule has 0 unspecified atom stereocenters. The van der Waals surface area contributed by atoms with Gasteiger partial charge in [0.05, 0.1) is 14.2 Å². The lowest BCUT2D eigenvalue weighted by Crippen LogP contribution is -2.12. The number of hydrogen-bond acceptors (Lipinski definition) is 8. The van der Waals surface area contributed by atoms with Crippen molar-refractivity contribution in [2.24, 2.45) is 0 Å². The first kappa shape index (κ1) is 50.7. The molecule has 0 atom stereocenters. The molecule has 2 aromatic heterocycles. The van der Waals surface area contributed by atoms with E-state index in [1.54, 1.807) is 14.2 Å². The molecule has 0 aliphatic heterocycles. The molecule has 0 saturated carbocycles. The van der Waals surface area contributed by atoms with Crippen LogP contribution in [0.15, 0.2) is 89.6 Å². The number of fused-ring (bicyclic) bond motifs is 6. The van der Waals surface area contributed by atoms with E-state index in [-0.39, 0.29) is 21.7 Å². The van der Waals surface area contributed by atoms with Crippen LogP contribution < -0.4 is 18.5 Å². The summed E-state index contributed by atoms with van der Waals surface area (Å²) in [6, 6.07) is 25.6. The van der Waals surface area contributed by atoms with E-state index >= 15 is 0 Å². The molecule has 8 nitrogen and oxygen atoms in total. The summed E-state index contributed by atoms with van der Waals surface area (Å²) in [5.41, 5.74) is 13.8. The van der Waals surface area contributed by atoms with Crippen molar-refractivity contribution in [3.8, 4) is 34.1 Å². The molecule has 8 rings (SSSR count). The second-order valence-corrected chi connectivity index (χ2v) is 25.4. The standard InChI is InChI=1S/C60H72O8P2/c1-33-21-37(5)51(63-69-65-53-43(25-35(3)27-47(53)57(7,8)9)44-26-36(4)28-48(54(44)66-69)58(10,11)12)41(23-33)42-24-34(2)22-38(6)52(42)64-70-67-55-45(29-39(61-19)31-49(55)59(13,14)15)46-30-40(62-20)32-50(56(46)68-70)60(16,17)18/h21-32H,1-20H3. The van der Waals surface area contributed by atoms with E-state index in [0.29, 0.717) is 34.2 Å². The molecule has 0 spiro atoms. The van der Waals surface area contributed by atoms with E-state index < -0.39 is 16.5 Å². The van der Waals surface area contributed by atoms with Crippen LogP contribution >= 0.6 is 16.5 Å². The molecule has 10 heteroatoms. The van der Waals surface area contributed by atoms with Gasteiger partial charge in [-0.05, 0) is 145 Å². The normalized spacial score (nSPS) is 12.6. The van der Waals surface area contributed by atoms with E-state index in [1.165, 1.54) is 0 Å². The summed E-state index contributed by atoms with van der Waals surface area (Å²) in [6.45, 7) is 39.1. The highest BCUT2D eigenvalue weighted by Crippen LogP contribution is 2.52. The Kier molecular flexibility index (Phi) is 13.2. The van der Waals surface area contributed by atoms with Gasteiger partial charge < -0.3 is 35.3 Å². The molecule has 6 aromatic carbocycles. The first-order valence-electron chi connectivity index (χ1n) is 24.2. The van der Waals surface area contributed by atoms with Crippen LogP contribution in [0.1, 0.15) is 139 Å². The number of methoxy groups -OCH3 is 2. The van der Waals surface area contributed by atoms with Crippen molar-refractivity contribution in [1.29, 1.82) is 0 Å². The Morgan fingerprint density at radius 3 is 0.900 bits per heavy atom. The highest BCUT2D eigenvalue weighted by atomic mass is 31.1. The average Bonchev–Trinajstić information content (AvgIpc) is 3.49. The van der Waals surface area contributed by atoms with Gasteiger partial charge in [0.2, 0.25) is 0 Å². The van der Waals surface area contributed by atoms with Gasteiger partial charge >= 0.3 is 16.5 Å². The third-order valence-electron chi connectivity index (χ3n) is 13.0. The lowest BCUT2D eigenvalue weighted by atomic mass is 9.83. The lowest BCUT2D eigenvalue weighted by molar-refractivity contribution is 0.413. The smallest absolute Gasteiger partial charge is 0.453 e. The van der Waals surface area contributed by atoms with E-state index in [9.17, 15) is 0 Å². The van der Waals surface area contributed by atoms with Gasteiger partial charge in [-0.1, -0.05) is 107 Å². The Bertz CT molecular complexity index is 3290. The Morgan fingerprint density at radius 1 is 0.343 bits per heavy atom. The summed E-state index contributed by atoms with van der Waals surface area (Å²) in [7, 11) is -0.828. The molecule has 0 aliphatic rings. The zero-order valence-electron chi connectivity index (χ0n) is 45.1. The SMILES string of the molecule is COc1cc(C(C)(C)C)c2op(Oc3c(C)cc(C)cc3-c3cc(C)cc(C)c3Op3oc4c(C(C)(C)C)cc(C)cc4c4cc(C)cc(C(C)(C)C)c4o3)oc3c(C(C)(C)C)cc(OC)cc3c2c1. The maximum absolute atomic E-state index is 7.29. The molecule has 0 amide bonds. The predicted molar refractivity (Wildman–Crippen MR) is 293 cm³/mol. The van der Waals surface area contributed by atoms with Crippen molar-refractivity contribution in [2.45, 2.75) is 146 Å². The molecule has 0 N–H and O–H groups in total. The van der Waals surface area contributed by atoms with Gasteiger partial charge in [0.25, 0.3) is 0 Å². The van der Waals surface area contributed by atoms with E-state index in [0.717, 1.165) is 99.5 Å². The van der Waals surface area contributed by atoms with Crippen LogP contribution in [0.4, 0.5) is 0 Å². The molecule has 0 aliphatic carbocycles. The zero-order valence-corrected chi connectivity index (χ0v) is 46.9. The molecule has 370 valence electrons. The first-order chi connectivity index (χ1) is 32.5. The van der Waals surface area contributed by atoms with Crippen LogP contribution in [0.2, 0.25) is 0 Å². The Balaban J connectivity index is 1.43. The van der Waals surface area contributed by atoms with Crippen molar-refractivity contribution in [3.63, 3.8) is 0 Å². The zero-order chi connectivity index (χ0) is 51.2. The van der Waals surface area contributed by atoms with Crippen molar-refractivity contribution in [1.82, 2.24) is 0 Å². The Morgan fingerprint density at radius 2 is 0.614 bits per heavy atom. The van der Waals surface area contributed by atoms with Gasteiger partial charge in [-0.2, -0.15) is 0 Å². The summed E-state index contributed by atoms with van der Waals surface area (Å²) in [6.07, 6.45) is 0. The van der Waals surface area contributed by atoms with Crippen molar-refractivity contribution in [2.75, 3.05) is 14.2 Å². The van der Waals surface area contributed by atoms with Gasteiger partial charge in [0.15, 0.2) is 0 Å². The second kappa shape index (κ2) is 18.2. The maximum Gasteiger partial charge on any atom is 0.453 e. The van der Waals surface area contributed by atoms with Crippen LogP contribution in [0.5, 0.6) is 23.0 Å². The second-order valence-electron chi connectivity index (χ2n) is 23.4. The van der Waals surface area contributed by atoms with Crippen LogP contribution in [0, 0.1) is 41.5 Å². The molecule has 0 saturated heterocycles. The van der Waals surface area contributed by atoms with E-state index in [1.807, 2.05) is 12.1 Å². The number of hydrogen-bond donors (Lipinski definition) is 0. The minimum Gasteiger partial charge on any atom is -0.497 e. The van der Waals surface area contributed by atoms with Crippen LogP contribution in [-0.4, -0.2) is 14.2 Å². The number of benzene rings is 6. The van der Waals surface area contributed by atoms with E-state index in [2.05, 4.69) is 185 Å². The van der Waals surface area contributed by atoms with Crippen molar-refractivity contribution >= 4 is 60.4 Å². The van der Waals surface area contributed by atoms with Crippen LogP contribution in [-0.2, 0) is 21.7 Å². The Hall–Kier alpha value is -5.68. The summed E-state index contributed by atoms with van der Waals surface area (Å²) < 4.78 is 55.1. The summed E-state index contributed by atoms with van der Waals surface area (Å²) in [5.74, 6) is 2.69. The summed E-state index contributed by atoms with van der Waals surface area (Å²) in [4.78, 5) is 0. The monoisotopic (exact) mass is 982 g/mol. The first-order valence-corrected chi connectivity index (χ1v) is 26.4. The van der Waals surface area contributed by atoms with Gasteiger partial charge in [-0.25, -0.2) is 0 Å². The minimum atomic E-state index is -2.14. The lowest BCUT2D eigenvalue weighted by Gasteiger charge is -2.21. The van der Waals surface area contributed by atoms with Gasteiger partial charge in [-0.3, -0.25) is 0 Å². The molecular weight excluding hydrogens is 911 g/mol. The summed E-state index contributed by atoms with van der Waals surface area (Å²) >= 11 is 0. The maximum atomic E-state index is 7.29. The number of aryl methyl sites for hydroxylation is 6. The van der Waals surface area contributed by atoms with Crippen LogP contribution in [0.25, 0.3) is 55.0 Å². The Labute approximate surface area is 416 Å². The fourth-order valence-electron chi connectivity index (χ4n) is 9.52. The third kappa shape index (κ3) is 9.84. The number of rotatable bonds is 7. The fraction of sp³-hybridized carbons (Fsp3) is 0.400. The van der Waals surface area contributed by atoms with Gasteiger partial charge in [-0.15, -0.1) is 0 Å². The van der Waals surface area contributed by atoms with Gasteiger partial charge in [0.1, 0.15) is 45.3 Å². The topological polar surface area (TPSA) is 89.5 Å². The molecule has 2 heterocycles.